The smallest absolute Gasteiger partial charge is 0.319 e. The van der Waals surface area contributed by atoms with Crippen molar-refractivity contribution in [3.8, 4) is 0 Å². The molecule has 0 radical (unpaired) electrons. The maximum absolute atomic E-state index is 12.3. The molecule has 0 aromatic heterocycles. The van der Waals surface area contributed by atoms with E-state index in [1.165, 1.54) is 4.90 Å². The van der Waals surface area contributed by atoms with Crippen molar-refractivity contribution in [1.29, 1.82) is 0 Å². The zero-order valence-corrected chi connectivity index (χ0v) is 10.9. The van der Waals surface area contributed by atoms with E-state index < -0.39 is 5.54 Å². The minimum atomic E-state index is -0.968. The van der Waals surface area contributed by atoms with Crippen molar-refractivity contribution in [1.82, 2.24) is 10.2 Å². The van der Waals surface area contributed by atoms with Gasteiger partial charge in [-0.05, 0) is 18.9 Å². The zero-order chi connectivity index (χ0) is 13.2. The monoisotopic (exact) mass is 266 g/mol. The Kier molecular flexibility index (Phi) is 3.57. The van der Waals surface area contributed by atoms with Crippen molar-refractivity contribution >= 4 is 23.5 Å². The van der Waals surface area contributed by atoms with Gasteiger partial charge in [0, 0.05) is 12.4 Å². The van der Waals surface area contributed by atoms with Crippen LogP contribution in [0.3, 0.4) is 0 Å². The average Bonchev–Trinajstić information content (AvgIpc) is 2.60. The zero-order valence-electron chi connectivity index (χ0n) is 10.1. The second kappa shape index (κ2) is 4.98. The van der Waals surface area contributed by atoms with Crippen molar-refractivity contribution < 1.29 is 9.59 Å². The largest absolute Gasteiger partial charge is 0.325 e. The summed E-state index contributed by atoms with van der Waals surface area (Å²) in [5, 5.41) is 2.75. The van der Waals surface area contributed by atoms with Gasteiger partial charge in [0.05, 0.1) is 0 Å². The molecule has 0 spiro atoms. The molecule has 1 aliphatic rings. The Morgan fingerprint density at radius 3 is 2.56 bits per heavy atom. The Hall–Kier alpha value is -1.55. The number of hydrogen-bond donors (Lipinski definition) is 1. The maximum Gasteiger partial charge on any atom is 0.325 e. The molecule has 1 aliphatic heterocycles. The number of carbonyl (C=O) groups is 2. The summed E-state index contributed by atoms with van der Waals surface area (Å²) in [7, 11) is 0. The quantitative estimate of drug-likeness (QED) is 0.670. The van der Waals surface area contributed by atoms with Gasteiger partial charge < -0.3 is 5.32 Å². The lowest BCUT2D eigenvalue weighted by Crippen LogP contribution is -2.40. The van der Waals surface area contributed by atoms with Crippen molar-refractivity contribution in [2.45, 2.75) is 18.9 Å². The van der Waals surface area contributed by atoms with Crippen LogP contribution in [-0.2, 0) is 10.3 Å². The van der Waals surface area contributed by atoms with Crippen molar-refractivity contribution in [3.05, 3.63) is 35.9 Å². The molecule has 96 valence electrons. The van der Waals surface area contributed by atoms with E-state index in [4.69, 9.17) is 11.6 Å². The van der Waals surface area contributed by atoms with Crippen molar-refractivity contribution in [2.75, 3.05) is 12.4 Å². The molecular formula is C13H15ClN2O2. The van der Waals surface area contributed by atoms with E-state index in [2.05, 4.69) is 5.32 Å². The molecule has 1 heterocycles. The molecule has 1 aromatic rings. The summed E-state index contributed by atoms with van der Waals surface area (Å²) in [5.74, 6) is 0.211. The van der Waals surface area contributed by atoms with Crippen molar-refractivity contribution in [2.24, 2.45) is 0 Å². The summed E-state index contributed by atoms with van der Waals surface area (Å²) in [5.41, 5.74) is -0.179. The summed E-state index contributed by atoms with van der Waals surface area (Å²) >= 11 is 5.59. The molecule has 18 heavy (non-hydrogen) atoms. The number of benzene rings is 1. The van der Waals surface area contributed by atoms with E-state index in [-0.39, 0.29) is 11.9 Å². The molecular weight excluding hydrogens is 252 g/mol. The molecule has 1 saturated heterocycles. The second-order valence-corrected chi connectivity index (χ2v) is 4.80. The molecule has 1 atom stereocenters. The van der Waals surface area contributed by atoms with Gasteiger partial charge in [0.25, 0.3) is 5.91 Å². The van der Waals surface area contributed by atoms with E-state index in [0.29, 0.717) is 18.8 Å². The number of rotatable bonds is 4. The molecule has 4 nitrogen and oxygen atoms in total. The van der Waals surface area contributed by atoms with E-state index >= 15 is 0 Å². The van der Waals surface area contributed by atoms with Crippen LogP contribution in [0.1, 0.15) is 18.9 Å². The van der Waals surface area contributed by atoms with Crippen LogP contribution in [0.2, 0.25) is 0 Å². The number of carbonyl (C=O) groups excluding carboxylic acids is 2. The summed E-state index contributed by atoms with van der Waals surface area (Å²) in [6.45, 7) is 2.08. The molecule has 1 unspecified atom stereocenters. The number of nitrogens with zero attached hydrogens (tertiary/aromatic N) is 1. The van der Waals surface area contributed by atoms with Crippen molar-refractivity contribution in [3.63, 3.8) is 0 Å². The molecule has 1 aromatic carbocycles. The third-order valence-corrected chi connectivity index (χ3v) is 3.41. The number of urea groups is 1. The normalized spacial score (nSPS) is 23.3. The highest BCUT2D eigenvalue weighted by atomic mass is 35.5. The summed E-state index contributed by atoms with van der Waals surface area (Å²) in [6.07, 6.45) is 0.603. The fourth-order valence-electron chi connectivity index (χ4n) is 2.09. The lowest BCUT2D eigenvalue weighted by Gasteiger charge is -2.22. The van der Waals surface area contributed by atoms with E-state index in [0.717, 1.165) is 5.56 Å². The van der Waals surface area contributed by atoms with Crippen LogP contribution in [-0.4, -0.2) is 29.3 Å². The van der Waals surface area contributed by atoms with Crippen LogP contribution in [0.4, 0.5) is 4.79 Å². The SMILES string of the molecule is CC1(c2ccccc2)NC(=O)N(CCCCl)C1=O. The highest BCUT2D eigenvalue weighted by Crippen LogP contribution is 2.28. The topological polar surface area (TPSA) is 49.4 Å². The first-order valence-corrected chi connectivity index (χ1v) is 6.38. The minimum Gasteiger partial charge on any atom is -0.319 e. The van der Waals surface area contributed by atoms with Gasteiger partial charge in [-0.25, -0.2) is 4.79 Å². The molecule has 3 amide bonds. The summed E-state index contributed by atoms with van der Waals surface area (Å²) in [6, 6.07) is 8.89. The number of halogens is 1. The number of alkyl halides is 1. The van der Waals surface area contributed by atoms with Gasteiger partial charge in [0.15, 0.2) is 0 Å². The predicted octanol–water partition coefficient (Wildman–Crippen LogP) is 2.08. The third-order valence-electron chi connectivity index (χ3n) is 3.14. The van der Waals surface area contributed by atoms with Crippen LogP contribution >= 0.6 is 11.6 Å². The first-order chi connectivity index (χ1) is 8.59. The van der Waals surface area contributed by atoms with Crippen LogP contribution in [0, 0.1) is 0 Å². The van der Waals surface area contributed by atoms with Crippen LogP contribution in [0.5, 0.6) is 0 Å². The minimum absolute atomic E-state index is 0.219. The van der Waals surface area contributed by atoms with Crippen LogP contribution in [0.25, 0.3) is 0 Å². The molecule has 0 aliphatic carbocycles. The molecule has 0 bridgehead atoms. The van der Waals surface area contributed by atoms with Gasteiger partial charge in [0.2, 0.25) is 0 Å². The van der Waals surface area contributed by atoms with Crippen LogP contribution < -0.4 is 5.32 Å². The number of nitrogens with one attached hydrogen (secondary N) is 1. The third kappa shape index (κ3) is 2.08. The van der Waals surface area contributed by atoms with Gasteiger partial charge in [-0.2, -0.15) is 0 Å². The predicted molar refractivity (Wildman–Crippen MR) is 69.4 cm³/mol. The molecule has 1 N–H and O–H groups in total. The summed E-state index contributed by atoms with van der Waals surface area (Å²) < 4.78 is 0. The standard InChI is InChI=1S/C13H15ClN2O2/c1-13(10-6-3-2-4-7-10)11(17)16(9-5-8-14)12(18)15-13/h2-4,6-7H,5,8-9H2,1H3,(H,15,18). The van der Waals surface area contributed by atoms with Crippen LogP contribution in [0.15, 0.2) is 30.3 Å². The summed E-state index contributed by atoms with van der Waals surface area (Å²) in [4.78, 5) is 25.4. The van der Waals surface area contributed by atoms with Gasteiger partial charge in [-0.15, -0.1) is 11.6 Å². The first-order valence-electron chi connectivity index (χ1n) is 5.85. The highest BCUT2D eigenvalue weighted by molar-refractivity contribution is 6.17. The number of amides is 3. The Balaban J connectivity index is 2.26. The average molecular weight is 267 g/mol. The highest BCUT2D eigenvalue weighted by Gasteiger charge is 2.48. The molecule has 0 saturated carbocycles. The van der Waals surface area contributed by atoms with E-state index in [1.807, 2.05) is 30.3 Å². The molecule has 5 heteroatoms. The Bertz CT molecular complexity index is 463. The maximum atomic E-state index is 12.3. The number of imide groups is 1. The van der Waals surface area contributed by atoms with E-state index in [9.17, 15) is 9.59 Å². The number of hydrogen-bond acceptors (Lipinski definition) is 2. The fraction of sp³-hybridized carbons (Fsp3) is 0.385. The molecule has 1 fully saturated rings. The van der Waals surface area contributed by atoms with Gasteiger partial charge in [-0.3, -0.25) is 9.69 Å². The van der Waals surface area contributed by atoms with E-state index in [1.54, 1.807) is 6.92 Å². The van der Waals surface area contributed by atoms with Gasteiger partial charge >= 0.3 is 6.03 Å². The second-order valence-electron chi connectivity index (χ2n) is 4.42. The lowest BCUT2D eigenvalue weighted by atomic mass is 9.92. The lowest BCUT2D eigenvalue weighted by molar-refractivity contribution is -0.131. The van der Waals surface area contributed by atoms with Gasteiger partial charge in [0.1, 0.15) is 5.54 Å². The fourth-order valence-corrected chi connectivity index (χ4v) is 2.20. The Morgan fingerprint density at radius 1 is 1.28 bits per heavy atom. The Labute approximate surface area is 111 Å². The van der Waals surface area contributed by atoms with Gasteiger partial charge in [-0.1, -0.05) is 30.3 Å². The Morgan fingerprint density at radius 2 is 1.94 bits per heavy atom. The first kappa shape index (κ1) is 12.9. The molecule has 2 rings (SSSR count).